The van der Waals surface area contributed by atoms with Crippen molar-refractivity contribution in [2.24, 2.45) is 0 Å². The summed E-state index contributed by atoms with van der Waals surface area (Å²) in [6.45, 7) is 7.04. The molecule has 1 saturated heterocycles. The number of imidazole rings is 1. The first-order valence-electron chi connectivity index (χ1n) is 10.3. The molecule has 1 aliphatic rings. The van der Waals surface area contributed by atoms with E-state index in [2.05, 4.69) is 21.6 Å². The summed E-state index contributed by atoms with van der Waals surface area (Å²) in [4.78, 5) is 27.7. The van der Waals surface area contributed by atoms with Crippen LogP contribution < -0.4 is 21.2 Å². The van der Waals surface area contributed by atoms with Gasteiger partial charge in [-0.25, -0.2) is 9.59 Å². The average molecular weight is 393 g/mol. The normalized spacial score (nSPS) is 13.8. The summed E-state index contributed by atoms with van der Waals surface area (Å²) in [7, 11) is 0. The summed E-state index contributed by atoms with van der Waals surface area (Å²) < 4.78 is 3.55. The second-order valence-corrected chi connectivity index (χ2v) is 7.27. The van der Waals surface area contributed by atoms with E-state index in [1.807, 2.05) is 50.2 Å². The number of hydrogen-bond donors (Lipinski definition) is 2. The van der Waals surface area contributed by atoms with Gasteiger partial charge in [-0.2, -0.15) is 0 Å². The second kappa shape index (κ2) is 8.03. The highest BCUT2D eigenvalue weighted by molar-refractivity contribution is 6.04. The topological polar surface area (TPSA) is 71.3 Å². The second-order valence-electron chi connectivity index (χ2n) is 7.27. The maximum absolute atomic E-state index is 12.8. The monoisotopic (exact) mass is 393 g/mol. The molecule has 152 valence electrons. The highest BCUT2D eigenvalue weighted by atomic mass is 16.2. The Morgan fingerprint density at radius 3 is 2.17 bits per heavy atom. The predicted octanol–water partition coefficient (Wildman–Crippen LogP) is 4.09. The van der Waals surface area contributed by atoms with Crippen LogP contribution in [0.4, 0.5) is 21.9 Å². The van der Waals surface area contributed by atoms with Crippen molar-refractivity contribution in [2.75, 3.05) is 28.6 Å². The van der Waals surface area contributed by atoms with Gasteiger partial charge in [0.15, 0.2) is 0 Å². The number of rotatable bonds is 5. The number of carbonyl (C=O) groups is 1. The van der Waals surface area contributed by atoms with Crippen LogP contribution in [0.3, 0.4) is 0 Å². The first-order chi connectivity index (χ1) is 14.1. The summed E-state index contributed by atoms with van der Waals surface area (Å²) >= 11 is 0. The largest absolute Gasteiger partial charge is 0.370 e. The van der Waals surface area contributed by atoms with Crippen molar-refractivity contribution in [1.29, 1.82) is 0 Å². The summed E-state index contributed by atoms with van der Waals surface area (Å²) in [5, 5.41) is 5.88. The zero-order chi connectivity index (χ0) is 20.4. The van der Waals surface area contributed by atoms with Gasteiger partial charge in [-0.1, -0.05) is 18.2 Å². The van der Waals surface area contributed by atoms with Gasteiger partial charge < -0.3 is 15.5 Å². The van der Waals surface area contributed by atoms with Crippen LogP contribution >= 0.6 is 0 Å². The van der Waals surface area contributed by atoms with Crippen molar-refractivity contribution in [3.8, 4) is 0 Å². The number of benzene rings is 2. The minimum Gasteiger partial charge on any atom is -0.370 e. The van der Waals surface area contributed by atoms with E-state index in [0.29, 0.717) is 13.1 Å². The third-order valence-electron chi connectivity index (χ3n) is 5.50. The number of fused-ring (bicyclic) bond motifs is 1. The van der Waals surface area contributed by atoms with E-state index in [1.54, 1.807) is 9.13 Å². The molecule has 0 aliphatic carbocycles. The van der Waals surface area contributed by atoms with E-state index in [1.165, 1.54) is 0 Å². The van der Waals surface area contributed by atoms with E-state index in [4.69, 9.17) is 0 Å². The molecular formula is C22H27N5O2. The molecule has 2 aromatic carbocycles. The van der Waals surface area contributed by atoms with Gasteiger partial charge >= 0.3 is 11.7 Å². The van der Waals surface area contributed by atoms with Gasteiger partial charge in [-0.15, -0.1) is 0 Å². The standard InChI is InChI=1S/C22H27N5O2/c1-3-26-19-14-17(24-21(28)23-16-10-6-5-7-11-16)18(25-12-8-9-13-25)15-20(19)27(4-2)22(26)29/h5-7,10-11,14-15H,3-4,8-9,12-13H2,1-2H3,(H2,23,24,28). The number of aryl methyl sites for hydroxylation is 2. The Kier molecular flexibility index (Phi) is 5.29. The van der Waals surface area contributed by atoms with Gasteiger partial charge in [-0.3, -0.25) is 9.13 Å². The predicted molar refractivity (Wildman–Crippen MR) is 118 cm³/mol. The molecule has 0 atom stereocenters. The molecule has 2 heterocycles. The smallest absolute Gasteiger partial charge is 0.329 e. The molecule has 29 heavy (non-hydrogen) atoms. The van der Waals surface area contributed by atoms with Gasteiger partial charge in [0, 0.05) is 31.9 Å². The number of nitrogens with one attached hydrogen (secondary N) is 2. The minimum absolute atomic E-state index is 0.0109. The van der Waals surface area contributed by atoms with Crippen LogP contribution in [-0.2, 0) is 13.1 Å². The molecule has 4 rings (SSSR count). The van der Waals surface area contributed by atoms with Crippen molar-refractivity contribution in [3.05, 3.63) is 52.9 Å². The molecule has 0 bridgehead atoms. The number of para-hydroxylation sites is 1. The van der Waals surface area contributed by atoms with Crippen LogP contribution in [0.15, 0.2) is 47.3 Å². The first kappa shape index (κ1) is 19.1. The van der Waals surface area contributed by atoms with Gasteiger partial charge in [0.05, 0.1) is 22.4 Å². The van der Waals surface area contributed by atoms with Crippen LogP contribution in [0, 0.1) is 0 Å². The molecule has 7 nitrogen and oxygen atoms in total. The maximum atomic E-state index is 12.8. The molecule has 7 heteroatoms. The lowest BCUT2D eigenvalue weighted by Crippen LogP contribution is -2.24. The Morgan fingerprint density at radius 1 is 0.931 bits per heavy atom. The van der Waals surface area contributed by atoms with E-state index in [0.717, 1.165) is 54.0 Å². The number of anilines is 3. The molecule has 0 saturated carbocycles. The van der Waals surface area contributed by atoms with Crippen molar-refractivity contribution >= 4 is 34.1 Å². The van der Waals surface area contributed by atoms with E-state index in [-0.39, 0.29) is 11.7 Å². The first-order valence-corrected chi connectivity index (χ1v) is 10.3. The summed E-state index contributed by atoms with van der Waals surface area (Å²) in [6, 6.07) is 13.1. The molecule has 0 spiro atoms. The van der Waals surface area contributed by atoms with E-state index >= 15 is 0 Å². The minimum atomic E-state index is -0.295. The van der Waals surface area contributed by atoms with E-state index < -0.39 is 0 Å². The number of hydrogen-bond acceptors (Lipinski definition) is 3. The fraction of sp³-hybridized carbons (Fsp3) is 0.364. The Morgan fingerprint density at radius 2 is 1.55 bits per heavy atom. The van der Waals surface area contributed by atoms with E-state index in [9.17, 15) is 9.59 Å². The Balaban J connectivity index is 1.77. The zero-order valence-corrected chi connectivity index (χ0v) is 16.9. The number of aromatic nitrogens is 2. The van der Waals surface area contributed by atoms with Gasteiger partial charge in [0.25, 0.3) is 0 Å². The highest BCUT2D eigenvalue weighted by Gasteiger charge is 2.21. The average Bonchev–Trinajstić information content (AvgIpc) is 3.33. The van der Waals surface area contributed by atoms with Crippen LogP contribution in [0.1, 0.15) is 26.7 Å². The fourth-order valence-corrected chi connectivity index (χ4v) is 4.09. The molecule has 2 N–H and O–H groups in total. The van der Waals surface area contributed by atoms with Crippen molar-refractivity contribution in [2.45, 2.75) is 39.8 Å². The Labute approximate surface area is 169 Å². The molecule has 1 aromatic heterocycles. The lowest BCUT2D eigenvalue weighted by molar-refractivity contribution is 0.262. The molecule has 1 aliphatic heterocycles. The van der Waals surface area contributed by atoms with Crippen LogP contribution in [0.5, 0.6) is 0 Å². The van der Waals surface area contributed by atoms with Crippen LogP contribution in [0.25, 0.3) is 11.0 Å². The maximum Gasteiger partial charge on any atom is 0.329 e. The zero-order valence-electron chi connectivity index (χ0n) is 16.9. The third kappa shape index (κ3) is 3.60. The number of amides is 2. The van der Waals surface area contributed by atoms with Crippen molar-refractivity contribution in [1.82, 2.24) is 9.13 Å². The SMILES string of the molecule is CCn1c(=O)n(CC)c2cc(N3CCCC3)c(NC(=O)Nc3ccccc3)cc21. The Hall–Kier alpha value is -3.22. The molecule has 1 fully saturated rings. The summed E-state index contributed by atoms with van der Waals surface area (Å²) in [6.07, 6.45) is 2.26. The highest BCUT2D eigenvalue weighted by Crippen LogP contribution is 2.33. The van der Waals surface area contributed by atoms with Crippen molar-refractivity contribution < 1.29 is 4.79 Å². The molecular weight excluding hydrogens is 366 g/mol. The lowest BCUT2D eigenvalue weighted by atomic mass is 10.2. The number of urea groups is 1. The molecule has 3 aromatic rings. The quantitative estimate of drug-likeness (QED) is 0.686. The fourth-order valence-electron chi connectivity index (χ4n) is 4.09. The third-order valence-corrected chi connectivity index (χ3v) is 5.50. The van der Waals surface area contributed by atoms with Crippen LogP contribution in [0.2, 0.25) is 0 Å². The van der Waals surface area contributed by atoms with Crippen molar-refractivity contribution in [3.63, 3.8) is 0 Å². The molecule has 0 radical (unpaired) electrons. The van der Waals surface area contributed by atoms with Crippen LogP contribution in [-0.4, -0.2) is 28.3 Å². The molecule has 2 amide bonds. The lowest BCUT2D eigenvalue weighted by Gasteiger charge is -2.22. The summed E-state index contributed by atoms with van der Waals surface area (Å²) in [5.74, 6) is 0. The summed E-state index contributed by atoms with van der Waals surface area (Å²) in [5.41, 5.74) is 4.17. The van der Waals surface area contributed by atoms with Gasteiger partial charge in [0.2, 0.25) is 0 Å². The number of nitrogens with zero attached hydrogens (tertiary/aromatic N) is 3. The van der Waals surface area contributed by atoms with Gasteiger partial charge in [0.1, 0.15) is 0 Å². The van der Waals surface area contributed by atoms with Gasteiger partial charge in [-0.05, 0) is 51.0 Å². The number of carbonyl (C=O) groups excluding carboxylic acids is 1. The molecule has 0 unspecified atom stereocenters. The Bertz CT molecular complexity index is 1080.